The first kappa shape index (κ1) is 17.9. The maximum atomic E-state index is 12.7. The van der Waals surface area contributed by atoms with E-state index in [0.717, 1.165) is 5.39 Å². The SMILES string of the molecule is CC(C)(C(=O)Nc1ccc(Cl)cc1)C(=O)Nc1cccc2cccnc12. The molecule has 132 valence electrons. The molecule has 0 radical (unpaired) electrons. The summed E-state index contributed by atoms with van der Waals surface area (Å²) in [6.07, 6.45) is 1.66. The minimum absolute atomic E-state index is 0.412. The number of benzene rings is 2. The molecule has 6 heteroatoms. The van der Waals surface area contributed by atoms with E-state index >= 15 is 0 Å². The van der Waals surface area contributed by atoms with Crippen molar-refractivity contribution in [2.24, 2.45) is 5.41 Å². The summed E-state index contributed by atoms with van der Waals surface area (Å²) >= 11 is 5.84. The van der Waals surface area contributed by atoms with Crippen LogP contribution in [0, 0.1) is 5.41 Å². The van der Waals surface area contributed by atoms with Crippen molar-refractivity contribution >= 4 is 45.7 Å². The van der Waals surface area contributed by atoms with E-state index in [1.807, 2.05) is 24.3 Å². The summed E-state index contributed by atoms with van der Waals surface area (Å²) < 4.78 is 0. The molecule has 0 spiro atoms. The Morgan fingerprint density at radius 2 is 1.58 bits per heavy atom. The zero-order valence-corrected chi connectivity index (χ0v) is 15.2. The van der Waals surface area contributed by atoms with Gasteiger partial charge < -0.3 is 10.6 Å². The lowest BCUT2D eigenvalue weighted by Gasteiger charge is -2.23. The number of fused-ring (bicyclic) bond motifs is 1. The van der Waals surface area contributed by atoms with Gasteiger partial charge in [-0.1, -0.05) is 29.8 Å². The van der Waals surface area contributed by atoms with Crippen molar-refractivity contribution in [1.82, 2.24) is 4.98 Å². The van der Waals surface area contributed by atoms with Crippen molar-refractivity contribution in [3.63, 3.8) is 0 Å². The molecular formula is C20H18ClN3O2. The molecule has 0 aliphatic heterocycles. The molecule has 1 heterocycles. The van der Waals surface area contributed by atoms with E-state index in [1.165, 1.54) is 0 Å². The number of aromatic nitrogens is 1. The largest absolute Gasteiger partial charge is 0.325 e. The second-order valence-corrected chi connectivity index (χ2v) is 6.86. The molecular weight excluding hydrogens is 350 g/mol. The van der Waals surface area contributed by atoms with Gasteiger partial charge in [-0.2, -0.15) is 0 Å². The molecule has 2 N–H and O–H groups in total. The molecule has 0 unspecified atom stereocenters. The van der Waals surface area contributed by atoms with Crippen LogP contribution in [0.25, 0.3) is 10.9 Å². The number of rotatable bonds is 4. The molecule has 0 bridgehead atoms. The van der Waals surface area contributed by atoms with Crippen LogP contribution in [-0.2, 0) is 9.59 Å². The average molecular weight is 368 g/mol. The van der Waals surface area contributed by atoms with Gasteiger partial charge in [-0.15, -0.1) is 0 Å². The highest BCUT2D eigenvalue weighted by atomic mass is 35.5. The van der Waals surface area contributed by atoms with Gasteiger partial charge in [0.1, 0.15) is 5.41 Å². The zero-order chi connectivity index (χ0) is 18.7. The number of anilines is 2. The van der Waals surface area contributed by atoms with Gasteiger partial charge in [0.15, 0.2) is 0 Å². The number of carbonyl (C=O) groups is 2. The van der Waals surface area contributed by atoms with Gasteiger partial charge in [0.05, 0.1) is 11.2 Å². The molecule has 0 saturated heterocycles. The van der Waals surface area contributed by atoms with E-state index in [4.69, 9.17) is 11.6 Å². The molecule has 0 saturated carbocycles. The minimum Gasteiger partial charge on any atom is -0.325 e. The highest BCUT2D eigenvalue weighted by Gasteiger charge is 2.36. The van der Waals surface area contributed by atoms with Crippen LogP contribution in [0.2, 0.25) is 5.02 Å². The Morgan fingerprint density at radius 3 is 2.31 bits per heavy atom. The Labute approximate surface area is 156 Å². The first-order valence-electron chi connectivity index (χ1n) is 8.10. The van der Waals surface area contributed by atoms with Crippen molar-refractivity contribution < 1.29 is 9.59 Å². The summed E-state index contributed by atoms with van der Waals surface area (Å²) in [5, 5.41) is 7.04. The van der Waals surface area contributed by atoms with Crippen LogP contribution in [0.4, 0.5) is 11.4 Å². The number of hydrogen-bond donors (Lipinski definition) is 2. The monoisotopic (exact) mass is 367 g/mol. The number of para-hydroxylation sites is 1. The number of carbonyl (C=O) groups excluding carboxylic acids is 2. The molecule has 2 amide bonds. The topological polar surface area (TPSA) is 71.1 Å². The second-order valence-electron chi connectivity index (χ2n) is 6.42. The first-order valence-corrected chi connectivity index (χ1v) is 8.48. The van der Waals surface area contributed by atoms with Gasteiger partial charge in [0.25, 0.3) is 0 Å². The van der Waals surface area contributed by atoms with E-state index in [0.29, 0.717) is 21.9 Å². The number of pyridine rings is 1. The number of nitrogens with zero attached hydrogens (tertiary/aromatic N) is 1. The molecule has 1 aromatic heterocycles. The normalized spacial score (nSPS) is 11.2. The average Bonchev–Trinajstić information content (AvgIpc) is 2.63. The fraction of sp³-hybridized carbons (Fsp3) is 0.150. The summed E-state index contributed by atoms with van der Waals surface area (Å²) in [6.45, 7) is 3.15. The molecule has 3 aromatic rings. The van der Waals surface area contributed by atoms with E-state index in [1.54, 1.807) is 50.4 Å². The van der Waals surface area contributed by atoms with E-state index in [-0.39, 0.29) is 0 Å². The molecule has 5 nitrogen and oxygen atoms in total. The Bertz CT molecular complexity index is 963. The lowest BCUT2D eigenvalue weighted by atomic mass is 9.90. The standard InChI is InChI=1S/C20H18ClN3O2/c1-20(2,18(25)23-15-10-8-14(21)9-11-15)19(26)24-16-7-3-5-13-6-4-12-22-17(13)16/h3-12H,1-2H3,(H,23,25)(H,24,26). The molecule has 26 heavy (non-hydrogen) atoms. The Kier molecular flexibility index (Phi) is 4.91. The predicted molar refractivity (Wildman–Crippen MR) is 104 cm³/mol. The zero-order valence-electron chi connectivity index (χ0n) is 14.4. The third-order valence-electron chi connectivity index (χ3n) is 4.12. The maximum Gasteiger partial charge on any atom is 0.239 e. The van der Waals surface area contributed by atoms with Crippen LogP contribution in [0.1, 0.15) is 13.8 Å². The fourth-order valence-corrected chi connectivity index (χ4v) is 2.53. The van der Waals surface area contributed by atoms with Gasteiger partial charge in [0, 0.05) is 22.3 Å². The van der Waals surface area contributed by atoms with Gasteiger partial charge in [-0.3, -0.25) is 14.6 Å². The third-order valence-corrected chi connectivity index (χ3v) is 4.37. The molecule has 0 aliphatic carbocycles. The molecule has 0 fully saturated rings. The van der Waals surface area contributed by atoms with Crippen LogP contribution in [0.3, 0.4) is 0 Å². The van der Waals surface area contributed by atoms with Crippen molar-refractivity contribution in [3.05, 3.63) is 65.8 Å². The number of hydrogen-bond acceptors (Lipinski definition) is 3. The lowest BCUT2D eigenvalue weighted by Crippen LogP contribution is -2.41. The number of halogens is 1. The predicted octanol–water partition coefficient (Wildman–Crippen LogP) is 4.49. The van der Waals surface area contributed by atoms with Crippen LogP contribution >= 0.6 is 11.6 Å². The van der Waals surface area contributed by atoms with Crippen molar-refractivity contribution in [1.29, 1.82) is 0 Å². The maximum absolute atomic E-state index is 12.7. The van der Waals surface area contributed by atoms with Gasteiger partial charge in [0.2, 0.25) is 11.8 Å². The summed E-state index contributed by atoms with van der Waals surface area (Å²) in [5.41, 5.74) is 0.543. The van der Waals surface area contributed by atoms with Crippen molar-refractivity contribution in [3.8, 4) is 0 Å². The van der Waals surface area contributed by atoms with Gasteiger partial charge in [-0.05, 0) is 50.2 Å². The van der Waals surface area contributed by atoms with Gasteiger partial charge >= 0.3 is 0 Å². The molecule has 0 atom stereocenters. The van der Waals surface area contributed by atoms with Crippen molar-refractivity contribution in [2.75, 3.05) is 10.6 Å². The van der Waals surface area contributed by atoms with Crippen LogP contribution in [0.15, 0.2) is 60.8 Å². The molecule has 3 rings (SSSR count). The van der Waals surface area contributed by atoms with E-state index in [2.05, 4.69) is 15.6 Å². The van der Waals surface area contributed by atoms with Gasteiger partial charge in [-0.25, -0.2) is 0 Å². The smallest absolute Gasteiger partial charge is 0.239 e. The Balaban J connectivity index is 1.78. The van der Waals surface area contributed by atoms with E-state index in [9.17, 15) is 9.59 Å². The Morgan fingerprint density at radius 1 is 0.923 bits per heavy atom. The fourth-order valence-electron chi connectivity index (χ4n) is 2.41. The quantitative estimate of drug-likeness (QED) is 0.667. The second kappa shape index (κ2) is 7.14. The number of amides is 2. The first-order chi connectivity index (χ1) is 12.4. The molecule has 2 aromatic carbocycles. The van der Waals surface area contributed by atoms with E-state index < -0.39 is 17.2 Å². The lowest BCUT2D eigenvalue weighted by molar-refractivity contribution is -0.135. The summed E-state index contributed by atoms with van der Waals surface area (Å²) in [6, 6.07) is 16.0. The van der Waals surface area contributed by atoms with Crippen molar-refractivity contribution in [2.45, 2.75) is 13.8 Å². The summed E-state index contributed by atoms with van der Waals surface area (Å²) in [5.74, 6) is -0.826. The highest BCUT2D eigenvalue weighted by molar-refractivity contribution is 6.30. The van der Waals surface area contributed by atoms with Crippen LogP contribution < -0.4 is 10.6 Å². The Hall–Kier alpha value is -2.92. The third kappa shape index (κ3) is 3.68. The van der Waals surface area contributed by atoms with Crippen LogP contribution in [-0.4, -0.2) is 16.8 Å². The summed E-state index contributed by atoms with van der Waals surface area (Å²) in [4.78, 5) is 29.6. The summed E-state index contributed by atoms with van der Waals surface area (Å²) in [7, 11) is 0. The minimum atomic E-state index is -1.28. The number of nitrogens with one attached hydrogen (secondary N) is 2. The highest BCUT2D eigenvalue weighted by Crippen LogP contribution is 2.25. The van der Waals surface area contributed by atoms with Crippen LogP contribution in [0.5, 0.6) is 0 Å². The molecule has 0 aliphatic rings.